The Hall–Kier alpha value is -4.09. The smallest absolute Gasteiger partial charge is 0.319 e. The number of hydrogen-bond acceptors (Lipinski definition) is 8. The van der Waals surface area contributed by atoms with Gasteiger partial charge in [0, 0.05) is 57.2 Å². The van der Waals surface area contributed by atoms with Gasteiger partial charge in [-0.05, 0) is 41.6 Å². The highest BCUT2D eigenvalue weighted by atomic mass is 16.2. The molecule has 166 valence electrons. The van der Waals surface area contributed by atoms with Gasteiger partial charge in [0.15, 0.2) is 5.82 Å². The van der Waals surface area contributed by atoms with Gasteiger partial charge in [0.2, 0.25) is 11.9 Å². The van der Waals surface area contributed by atoms with Crippen molar-refractivity contribution in [3.63, 3.8) is 0 Å². The first-order valence-corrected chi connectivity index (χ1v) is 10.3. The molecule has 1 saturated heterocycles. The summed E-state index contributed by atoms with van der Waals surface area (Å²) in [5.74, 6) is 1.33. The van der Waals surface area contributed by atoms with Gasteiger partial charge in [-0.15, -0.1) is 5.10 Å². The molecule has 3 heterocycles. The maximum absolute atomic E-state index is 12.5. The molecule has 2 N–H and O–H groups in total. The zero-order valence-electron chi connectivity index (χ0n) is 17.7. The molecule has 0 aliphatic carbocycles. The molecule has 1 aliphatic rings. The number of nitrogens with one attached hydrogen (secondary N) is 2. The number of rotatable bonds is 6. The molecule has 0 unspecified atom stereocenters. The molecule has 1 fully saturated rings. The zero-order valence-corrected chi connectivity index (χ0v) is 17.7. The van der Waals surface area contributed by atoms with Crippen LogP contribution in [0.15, 0.2) is 42.7 Å². The largest absolute Gasteiger partial charge is 0.339 e. The monoisotopic (exact) mass is 436 g/mol. The number of nitrogens with zero attached hydrogens (tertiary/aromatic N) is 8. The SMILES string of the molecule is Cc1nnnn1-c1cccc(NC(=O)NCCC(=O)N2CCN(c3ncccn3)CC2)c1. The zero-order chi connectivity index (χ0) is 22.3. The van der Waals surface area contributed by atoms with Crippen LogP contribution in [-0.4, -0.2) is 79.7 Å². The summed E-state index contributed by atoms with van der Waals surface area (Å²) in [6.07, 6.45) is 3.65. The van der Waals surface area contributed by atoms with E-state index in [0.29, 0.717) is 43.6 Å². The lowest BCUT2D eigenvalue weighted by molar-refractivity contribution is -0.131. The predicted octanol–water partition coefficient (Wildman–Crippen LogP) is 0.621. The highest BCUT2D eigenvalue weighted by Gasteiger charge is 2.22. The van der Waals surface area contributed by atoms with Crippen LogP contribution in [0.2, 0.25) is 0 Å². The van der Waals surface area contributed by atoms with Crippen LogP contribution >= 0.6 is 0 Å². The minimum absolute atomic E-state index is 0.00934. The molecule has 3 amide bonds. The van der Waals surface area contributed by atoms with Gasteiger partial charge in [-0.25, -0.2) is 14.8 Å². The van der Waals surface area contributed by atoms with E-state index >= 15 is 0 Å². The van der Waals surface area contributed by atoms with Crippen molar-refractivity contribution < 1.29 is 9.59 Å². The second-order valence-corrected chi connectivity index (χ2v) is 7.24. The summed E-state index contributed by atoms with van der Waals surface area (Å²) in [4.78, 5) is 37.0. The molecule has 0 saturated carbocycles. The molecular weight excluding hydrogens is 412 g/mol. The third kappa shape index (κ3) is 5.14. The highest BCUT2D eigenvalue weighted by molar-refractivity contribution is 5.89. The number of aromatic nitrogens is 6. The number of hydrogen-bond donors (Lipinski definition) is 2. The normalized spacial score (nSPS) is 13.7. The molecular formula is C20H24N10O2. The van der Waals surface area contributed by atoms with Gasteiger partial charge in [-0.2, -0.15) is 4.68 Å². The van der Waals surface area contributed by atoms with Crippen LogP contribution in [0.25, 0.3) is 5.69 Å². The molecule has 0 atom stereocenters. The first kappa shape index (κ1) is 21.2. The second kappa shape index (κ2) is 9.81. The third-order valence-electron chi connectivity index (χ3n) is 5.07. The van der Waals surface area contributed by atoms with Crippen molar-refractivity contribution in [2.45, 2.75) is 13.3 Å². The van der Waals surface area contributed by atoms with Gasteiger partial charge in [0.25, 0.3) is 0 Å². The Kier molecular flexibility index (Phi) is 6.49. The van der Waals surface area contributed by atoms with E-state index in [1.54, 1.807) is 53.2 Å². The quantitative estimate of drug-likeness (QED) is 0.574. The van der Waals surface area contributed by atoms with E-state index in [1.165, 1.54) is 0 Å². The maximum Gasteiger partial charge on any atom is 0.319 e. The van der Waals surface area contributed by atoms with Crippen molar-refractivity contribution in [2.75, 3.05) is 42.9 Å². The maximum atomic E-state index is 12.5. The van der Waals surface area contributed by atoms with Gasteiger partial charge in [-0.3, -0.25) is 4.79 Å². The van der Waals surface area contributed by atoms with E-state index in [0.717, 1.165) is 5.69 Å². The fraction of sp³-hybridized carbons (Fsp3) is 0.350. The minimum atomic E-state index is -0.380. The molecule has 4 rings (SSSR count). The van der Waals surface area contributed by atoms with Gasteiger partial charge in [0.05, 0.1) is 5.69 Å². The first-order chi connectivity index (χ1) is 15.6. The van der Waals surface area contributed by atoms with Crippen LogP contribution in [0.1, 0.15) is 12.2 Å². The van der Waals surface area contributed by atoms with Crippen molar-refractivity contribution >= 4 is 23.6 Å². The number of urea groups is 1. The molecule has 12 nitrogen and oxygen atoms in total. The molecule has 0 radical (unpaired) electrons. The lowest BCUT2D eigenvalue weighted by Crippen LogP contribution is -2.49. The number of tetrazole rings is 1. The van der Waals surface area contributed by atoms with Gasteiger partial charge >= 0.3 is 6.03 Å². The Morgan fingerprint density at radius 2 is 1.84 bits per heavy atom. The lowest BCUT2D eigenvalue weighted by atomic mass is 10.2. The standard InChI is InChI=1S/C20H24N10O2/c1-15-25-26-27-30(15)17-5-2-4-16(14-17)24-20(32)23-9-6-18(31)28-10-12-29(13-11-28)19-21-7-3-8-22-19/h2-5,7-8,14H,6,9-13H2,1H3,(H2,23,24,32). The van der Waals surface area contributed by atoms with Crippen LogP contribution in [0, 0.1) is 6.92 Å². The Labute approximate surface area is 184 Å². The van der Waals surface area contributed by atoms with Gasteiger partial charge in [-0.1, -0.05) is 6.07 Å². The average molecular weight is 436 g/mol. The number of amides is 3. The van der Waals surface area contributed by atoms with Crippen molar-refractivity contribution in [1.29, 1.82) is 0 Å². The van der Waals surface area contributed by atoms with E-state index in [9.17, 15) is 9.59 Å². The number of benzene rings is 1. The van der Waals surface area contributed by atoms with E-state index in [1.807, 2.05) is 6.07 Å². The molecule has 32 heavy (non-hydrogen) atoms. The lowest BCUT2D eigenvalue weighted by Gasteiger charge is -2.34. The Bertz CT molecular complexity index is 1060. The van der Waals surface area contributed by atoms with Crippen molar-refractivity contribution in [3.05, 3.63) is 48.5 Å². The van der Waals surface area contributed by atoms with Crippen molar-refractivity contribution in [1.82, 2.24) is 40.4 Å². The van der Waals surface area contributed by atoms with E-state index < -0.39 is 0 Å². The summed E-state index contributed by atoms with van der Waals surface area (Å²) >= 11 is 0. The molecule has 3 aromatic rings. The second-order valence-electron chi connectivity index (χ2n) is 7.24. The van der Waals surface area contributed by atoms with Gasteiger partial charge in [0.1, 0.15) is 0 Å². The summed E-state index contributed by atoms with van der Waals surface area (Å²) in [5, 5.41) is 16.9. The van der Waals surface area contributed by atoms with Crippen LogP contribution in [0.5, 0.6) is 0 Å². The summed E-state index contributed by atoms with van der Waals surface area (Å²) in [7, 11) is 0. The van der Waals surface area contributed by atoms with Crippen LogP contribution in [0.3, 0.4) is 0 Å². The fourth-order valence-electron chi connectivity index (χ4n) is 3.41. The summed E-state index contributed by atoms with van der Waals surface area (Å²) in [6.45, 7) is 4.61. The predicted molar refractivity (Wildman–Crippen MR) is 116 cm³/mol. The van der Waals surface area contributed by atoms with Crippen LogP contribution in [-0.2, 0) is 4.79 Å². The summed E-state index contributed by atoms with van der Waals surface area (Å²) in [6, 6.07) is 8.58. The molecule has 1 aromatic carbocycles. The molecule has 2 aromatic heterocycles. The topological polar surface area (TPSA) is 134 Å². The number of piperazine rings is 1. The van der Waals surface area contributed by atoms with E-state index in [2.05, 4.69) is 41.0 Å². The molecule has 0 bridgehead atoms. The number of anilines is 2. The Morgan fingerprint density at radius 1 is 1.06 bits per heavy atom. The van der Waals surface area contributed by atoms with Crippen molar-refractivity contribution in [2.24, 2.45) is 0 Å². The average Bonchev–Trinajstić information content (AvgIpc) is 3.26. The number of aryl methyl sites for hydroxylation is 1. The van der Waals surface area contributed by atoms with Crippen LogP contribution < -0.4 is 15.5 Å². The van der Waals surface area contributed by atoms with Gasteiger partial charge < -0.3 is 20.4 Å². The van der Waals surface area contributed by atoms with E-state index in [4.69, 9.17) is 0 Å². The first-order valence-electron chi connectivity index (χ1n) is 10.3. The Morgan fingerprint density at radius 3 is 2.56 bits per heavy atom. The highest BCUT2D eigenvalue weighted by Crippen LogP contribution is 2.14. The fourth-order valence-corrected chi connectivity index (χ4v) is 3.41. The minimum Gasteiger partial charge on any atom is -0.339 e. The molecule has 12 heteroatoms. The third-order valence-corrected chi connectivity index (χ3v) is 5.07. The van der Waals surface area contributed by atoms with Crippen molar-refractivity contribution in [3.8, 4) is 5.69 Å². The van der Waals surface area contributed by atoms with Crippen LogP contribution in [0.4, 0.5) is 16.4 Å². The molecule has 0 spiro atoms. The number of carbonyl (C=O) groups excluding carboxylic acids is 2. The molecule has 1 aliphatic heterocycles. The summed E-state index contributed by atoms with van der Waals surface area (Å²) in [5.41, 5.74) is 1.33. The Balaban J connectivity index is 1.20. The summed E-state index contributed by atoms with van der Waals surface area (Å²) < 4.78 is 1.57. The van der Waals surface area contributed by atoms with E-state index in [-0.39, 0.29) is 24.9 Å². The number of carbonyl (C=O) groups is 2.